The third-order valence-corrected chi connectivity index (χ3v) is 8.98. The van der Waals surface area contributed by atoms with Crippen LogP contribution in [0.25, 0.3) is 0 Å². The Morgan fingerprint density at radius 1 is 0.537 bits per heavy atom. The van der Waals surface area contributed by atoms with Gasteiger partial charge < -0.3 is 4.74 Å². The van der Waals surface area contributed by atoms with Crippen molar-refractivity contribution < 1.29 is 14.3 Å². The molecule has 0 spiro atoms. The highest BCUT2D eigenvalue weighted by molar-refractivity contribution is 5.96. The van der Waals surface area contributed by atoms with Crippen LogP contribution in [0.5, 0.6) is 0 Å². The topological polar surface area (TPSA) is 43.4 Å². The average Bonchev–Trinajstić information content (AvgIpc) is 3.27. The minimum Gasteiger partial charge on any atom is -0.393 e. The van der Waals surface area contributed by atoms with Gasteiger partial charge in [0, 0.05) is 0 Å². The molecule has 3 heteroatoms. The first-order chi connectivity index (χ1) is 20.0. The Bertz CT molecular complexity index is 1380. The molecule has 1 heterocycles. The summed E-state index contributed by atoms with van der Waals surface area (Å²) in [6, 6.07) is 43.0. The number of carbonyl (C=O) groups excluding carboxylic acids is 2. The average molecular weight is 545 g/mol. The van der Waals surface area contributed by atoms with Crippen molar-refractivity contribution in [2.75, 3.05) is 0 Å². The summed E-state index contributed by atoms with van der Waals surface area (Å²) in [5.74, 6) is -0.412. The number of rotatable bonds is 12. The van der Waals surface area contributed by atoms with Gasteiger partial charge in [-0.15, -0.1) is 0 Å². The van der Waals surface area contributed by atoms with Gasteiger partial charge in [0.25, 0.3) is 0 Å². The van der Waals surface area contributed by atoms with Crippen LogP contribution in [-0.4, -0.2) is 11.9 Å². The summed E-state index contributed by atoms with van der Waals surface area (Å²) in [6.45, 7) is 4.16. The first-order valence-electron chi connectivity index (χ1n) is 14.9. The van der Waals surface area contributed by atoms with Crippen LogP contribution in [0.4, 0.5) is 0 Å². The van der Waals surface area contributed by atoms with Crippen LogP contribution < -0.4 is 0 Å². The van der Waals surface area contributed by atoms with E-state index < -0.39 is 17.8 Å². The van der Waals surface area contributed by atoms with E-state index in [1.807, 2.05) is 13.0 Å². The Labute approximate surface area is 244 Å². The van der Waals surface area contributed by atoms with Crippen LogP contribution in [0.1, 0.15) is 85.5 Å². The molecule has 6 unspecified atom stereocenters. The van der Waals surface area contributed by atoms with Crippen molar-refractivity contribution in [1.29, 1.82) is 0 Å². The first kappa shape index (κ1) is 28.5. The number of esters is 2. The van der Waals surface area contributed by atoms with Crippen molar-refractivity contribution in [3.8, 4) is 0 Å². The van der Waals surface area contributed by atoms with Gasteiger partial charge in [-0.25, -0.2) is 0 Å². The van der Waals surface area contributed by atoms with Crippen LogP contribution >= 0.6 is 0 Å². The molecule has 6 atom stereocenters. The van der Waals surface area contributed by atoms with E-state index in [1.54, 1.807) is 0 Å². The summed E-state index contributed by atoms with van der Waals surface area (Å²) in [6.07, 6.45) is 3.54. The second-order valence-corrected chi connectivity index (χ2v) is 11.7. The lowest BCUT2D eigenvalue weighted by Crippen LogP contribution is -2.20. The van der Waals surface area contributed by atoms with Crippen molar-refractivity contribution in [1.82, 2.24) is 0 Å². The number of ether oxygens (including phenoxy) is 1. The van der Waals surface area contributed by atoms with Gasteiger partial charge in [-0.05, 0) is 71.6 Å². The van der Waals surface area contributed by atoms with Gasteiger partial charge in [-0.3, -0.25) is 9.59 Å². The molecule has 0 aliphatic carbocycles. The summed E-state index contributed by atoms with van der Waals surface area (Å²) in [5, 5.41) is 0. The lowest BCUT2D eigenvalue weighted by molar-refractivity contribution is -0.153. The molecule has 0 N–H and O–H groups in total. The Hall–Kier alpha value is -3.98. The molecule has 0 aromatic heterocycles. The Morgan fingerprint density at radius 2 is 0.927 bits per heavy atom. The second-order valence-electron chi connectivity index (χ2n) is 11.7. The molecule has 1 aliphatic rings. The van der Waals surface area contributed by atoms with E-state index in [0.717, 1.165) is 19.3 Å². The fourth-order valence-corrected chi connectivity index (χ4v) is 6.56. The Balaban J connectivity index is 1.47. The lowest BCUT2D eigenvalue weighted by Gasteiger charge is -2.30. The molecule has 4 aromatic carbocycles. The predicted octanol–water partition coefficient (Wildman–Crippen LogP) is 9.04. The molecular weight excluding hydrogens is 504 g/mol. The van der Waals surface area contributed by atoms with Crippen molar-refractivity contribution in [2.24, 2.45) is 11.8 Å². The maximum absolute atomic E-state index is 12.7. The van der Waals surface area contributed by atoms with Crippen LogP contribution in [0.2, 0.25) is 0 Å². The summed E-state index contributed by atoms with van der Waals surface area (Å²) < 4.78 is 5.04. The highest BCUT2D eigenvalue weighted by Gasteiger charge is 2.42. The van der Waals surface area contributed by atoms with E-state index in [0.29, 0.717) is 18.3 Å². The van der Waals surface area contributed by atoms with Gasteiger partial charge in [0.05, 0.1) is 11.8 Å². The van der Waals surface area contributed by atoms with Crippen molar-refractivity contribution in [2.45, 2.75) is 63.2 Å². The molecule has 0 saturated carbocycles. The third-order valence-electron chi connectivity index (χ3n) is 8.98. The van der Waals surface area contributed by atoms with Crippen molar-refractivity contribution >= 4 is 11.9 Å². The van der Waals surface area contributed by atoms with Crippen molar-refractivity contribution in [3.63, 3.8) is 0 Å². The van der Waals surface area contributed by atoms with Crippen LogP contribution in [0.15, 0.2) is 121 Å². The largest absolute Gasteiger partial charge is 0.393 e. The monoisotopic (exact) mass is 544 g/mol. The highest BCUT2D eigenvalue weighted by atomic mass is 16.6. The van der Waals surface area contributed by atoms with E-state index in [-0.39, 0.29) is 17.8 Å². The smallest absolute Gasteiger partial charge is 0.317 e. The molecule has 210 valence electrons. The maximum Gasteiger partial charge on any atom is 0.317 e. The fraction of sp³-hybridized carbons (Fsp3) is 0.316. The molecular formula is C38H40O3. The second kappa shape index (κ2) is 13.6. The maximum atomic E-state index is 12.7. The van der Waals surface area contributed by atoms with Crippen molar-refractivity contribution in [3.05, 3.63) is 144 Å². The lowest BCUT2D eigenvalue weighted by atomic mass is 9.73. The Kier molecular flexibility index (Phi) is 9.46. The van der Waals surface area contributed by atoms with Gasteiger partial charge in [-0.1, -0.05) is 135 Å². The first-order valence-corrected chi connectivity index (χ1v) is 14.9. The van der Waals surface area contributed by atoms with Gasteiger partial charge >= 0.3 is 11.9 Å². The molecule has 4 aromatic rings. The minimum atomic E-state index is -0.410. The normalized spacial score (nSPS) is 19.8. The summed E-state index contributed by atoms with van der Waals surface area (Å²) in [7, 11) is 0. The standard InChI is InChI=1S/C38H40O3/c1-27(29-15-7-3-8-16-29)23-33(30-17-9-4-10-18-30)24-34(31-19-11-5-12-20-31)25-35(32-21-13-6-14-22-32)26-36-28(2)37(39)41-38(36)40/h3-22,27-28,33-36H,23-26H2,1-2H3. The zero-order chi connectivity index (χ0) is 28.6. The molecule has 0 bridgehead atoms. The van der Waals surface area contributed by atoms with E-state index in [9.17, 15) is 9.59 Å². The fourth-order valence-electron chi connectivity index (χ4n) is 6.56. The van der Waals surface area contributed by atoms with Crippen LogP contribution in [0, 0.1) is 11.8 Å². The number of cyclic esters (lactones) is 2. The molecule has 0 amide bonds. The summed E-state index contributed by atoms with van der Waals surface area (Å²) in [5.41, 5.74) is 5.26. The number of carbonyl (C=O) groups is 2. The molecule has 0 radical (unpaired) electrons. The molecule has 3 nitrogen and oxygen atoms in total. The van der Waals surface area contributed by atoms with Gasteiger partial charge in [-0.2, -0.15) is 0 Å². The zero-order valence-electron chi connectivity index (χ0n) is 24.1. The highest BCUT2D eigenvalue weighted by Crippen LogP contribution is 2.44. The van der Waals surface area contributed by atoms with E-state index >= 15 is 0 Å². The van der Waals surface area contributed by atoms with E-state index in [2.05, 4.69) is 122 Å². The number of hydrogen-bond donors (Lipinski definition) is 0. The van der Waals surface area contributed by atoms with Crippen LogP contribution in [0.3, 0.4) is 0 Å². The zero-order valence-corrected chi connectivity index (χ0v) is 24.1. The molecule has 1 fully saturated rings. The predicted molar refractivity (Wildman–Crippen MR) is 165 cm³/mol. The molecule has 41 heavy (non-hydrogen) atoms. The number of benzene rings is 4. The van der Waals surface area contributed by atoms with E-state index in [4.69, 9.17) is 4.74 Å². The van der Waals surface area contributed by atoms with Gasteiger partial charge in [0.1, 0.15) is 0 Å². The third kappa shape index (κ3) is 7.21. The summed E-state index contributed by atoms with van der Waals surface area (Å²) >= 11 is 0. The SMILES string of the molecule is CC(CC(CC(CC(CC1C(=O)OC(=O)C1C)c1ccccc1)c1ccccc1)c1ccccc1)c1ccccc1. The molecule has 5 rings (SSSR count). The minimum absolute atomic E-state index is 0.121. The molecule has 1 saturated heterocycles. The van der Waals surface area contributed by atoms with Gasteiger partial charge in [0.2, 0.25) is 0 Å². The quantitative estimate of drug-likeness (QED) is 0.132. The van der Waals surface area contributed by atoms with Gasteiger partial charge in [0.15, 0.2) is 0 Å². The van der Waals surface area contributed by atoms with E-state index in [1.165, 1.54) is 22.3 Å². The summed E-state index contributed by atoms with van der Waals surface area (Å²) in [4.78, 5) is 24.9. The van der Waals surface area contributed by atoms with Crippen LogP contribution in [-0.2, 0) is 14.3 Å². The Morgan fingerprint density at radius 3 is 1.37 bits per heavy atom. The molecule has 1 aliphatic heterocycles. The number of hydrogen-bond acceptors (Lipinski definition) is 3.